The number of hydrogen-bond donors (Lipinski definition) is 3. The number of rotatable bonds is 7. The van der Waals surface area contributed by atoms with Gasteiger partial charge in [-0.3, -0.25) is 0 Å². The molecule has 2 atom stereocenters. The molecule has 2 amide bonds. The molecule has 0 spiro atoms. The molecule has 0 rings (SSSR count). The third kappa shape index (κ3) is 6.23. The number of urea groups is 1. The topological polar surface area (TPSA) is 87.7 Å². The van der Waals surface area contributed by atoms with Gasteiger partial charge in [-0.05, 0) is 13.3 Å². The second kappa shape index (κ2) is 7.92. The van der Waals surface area contributed by atoms with E-state index in [1.54, 1.807) is 0 Å². The first-order chi connectivity index (χ1) is 7.51. The molecule has 0 bridgehead atoms. The van der Waals surface area contributed by atoms with Gasteiger partial charge < -0.3 is 20.5 Å². The smallest absolute Gasteiger partial charge is 0.328 e. The Labute approximate surface area is 95.4 Å². The van der Waals surface area contributed by atoms with Crippen molar-refractivity contribution in [2.75, 3.05) is 13.7 Å². The van der Waals surface area contributed by atoms with Crippen LogP contribution in [-0.4, -0.2) is 42.9 Å². The molecular formula is C10H20N2O4. The Morgan fingerprint density at radius 1 is 1.38 bits per heavy atom. The van der Waals surface area contributed by atoms with E-state index >= 15 is 0 Å². The van der Waals surface area contributed by atoms with Crippen LogP contribution in [0.25, 0.3) is 0 Å². The molecule has 0 aromatic rings. The zero-order valence-corrected chi connectivity index (χ0v) is 9.95. The normalized spacial score (nSPS) is 13.9. The number of methoxy groups -OCH3 is 1. The lowest BCUT2D eigenvalue weighted by atomic mass is 10.2. The average Bonchev–Trinajstić information content (AvgIpc) is 2.16. The van der Waals surface area contributed by atoms with E-state index in [2.05, 4.69) is 10.6 Å². The Hall–Kier alpha value is -1.30. The Morgan fingerprint density at radius 3 is 2.44 bits per heavy atom. The molecule has 0 aliphatic rings. The van der Waals surface area contributed by atoms with Crippen LogP contribution < -0.4 is 10.6 Å². The van der Waals surface area contributed by atoms with Crippen molar-refractivity contribution in [1.29, 1.82) is 0 Å². The standard InChI is InChI=1S/C10H20N2O4/c1-4-5-7(2)11-10(15)12-8(6-16-3)9(13)14/h7-8H,4-6H2,1-3H3,(H,13,14)(H2,11,12,15). The van der Waals surface area contributed by atoms with Crippen LogP contribution in [0, 0.1) is 0 Å². The van der Waals surface area contributed by atoms with E-state index in [4.69, 9.17) is 9.84 Å². The highest BCUT2D eigenvalue weighted by Gasteiger charge is 2.19. The first-order valence-corrected chi connectivity index (χ1v) is 5.30. The van der Waals surface area contributed by atoms with Gasteiger partial charge >= 0.3 is 12.0 Å². The van der Waals surface area contributed by atoms with Crippen LogP contribution in [0.4, 0.5) is 4.79 Å². The van der Waals surface area contributed by atoms with Crippen molar-refractivity contribution in [2.24, 2.45) is 0 Å². The number of ether oxygens (including phenoxy) is 1. The molecule has 16 heavy (non-hydrogen) atoms. The van der Waals surface area contributed by atoms with Gasteiger partial charge in [-0.1, -0.05) is 13.3 Å². The zero-order chi connectivity index (χ0) is 12.6. The van der Waals surface area contributed by atoms with Gasteiger partial charge in [0.2, 0.25) is 0 Å². The highest BCUT2D eigenvalue weighted by molar-refractivity contribution is 5.82. The van der Waals surface area contributed by atoms with E-state index in [1.165, 1.54) is 7.11 Å². The van der Waals surface area contributed by atoms with Gasteiger partial charge in [0, 0.05) is 13.2 Å². The summed E-state index contributed by atoms with van der Waals surface area (Å²) in [6, 6.07) is -1.47. The molecule has 0 saturated carbocycles. The summed E-state index contributed by atoms with van der Waals surface area (Å²) in [6.45, 7) is 3.83. The van der Waals surface area contributed by atoms with Crippen molar-refractivity contribution in [3.8, 4) is 0 Å². The van der Waals surface area contributed by atoms with Crippen LogP contribution in [0.1, 0.15) is 26.7 Å². The molecule has 0 saturated heterocycles. The third-order valence-corrected chi connectivity index (χ3v) is 2.04. The Kier molecular flexibility index (Phi) is 7.28. The number of carboxylic acids is 1. The summed E-state index contributed by atoms with van der Waals surface area (Å²) in [5.41, 5.74) is 0. The van der Waals surface area contributed by atoms with E-state index in [1.807, 2.05) is 13.8 Å². The maximum atomic E-state index is 11.4. The molecule has 0 aromatic carbocycles. The van der Waals surface area contributed by atoms with Gasteiger partial charge in [0.1, 0.15) is 0 Å². The van der Waals surface area contributed by atoms with E-state index < -0.39 is 18.0 Å². The molecule has 0 fully saturated rings. The predicted octanol–water partition coefficient (Wildman–Crippen LogP) is 0.574. The fraction of sp³-hybridized carbons (Fsp3) is 0.800. The Bertz CT molecular complexity index is 233. The SMILES string of the molecule is CCCC(C)NC(=O)NC(COC)C(=O)O. The lowest BCUT2D eigenvalue weighted by molar-refractivity contribution is -0.140. The van der Waals surface area contributed by atoms with Crippen LogP contribution in [0.2, 0.25) is 0 Å². The molecule has 0 heterocycles. The quantitative estimate of drug-likeness (QED) is 0.599. The number of carboxylic acid groups (broad SMARTS) is 1. The third-order valence-electron chi connectivity index (χ3n) is 2.04. The molecule has 0 radical (unpaired) electrons. The number of amides is 2. The number of carbonyl (C=O) groups is 2. The molecule has 6 nitrogen and oxygen atoms in total. The van der Waals surface area contributed by atoms with Crippen molar-refractivity contribution in [3.05, 3.63) is 0 Å². The maximum Gasteiger partial charge on any atom is 0.328 e. The number of nitrogens with one attached hydrogen (secondary N) is 2. The van der Waals surface area contributed by atoms with Gasteiger partial charge in [-0.25, -0.2) is 9.59 Å². The van der Waals surface area contributed by atoms with Crippen LogP contribution in [0.15, 0.2) is 0 Å². The molecule has 94 valence electrons. The van der Waals surface area contributed by atoms with Crippen LogP contribution in [0.3, 0.4) is 0 Å². The second-order valence-electron chi connectivity index (χ2n) is 3.65. The van der Waals surface area contributed by atoms with Gasteiger partial charge in [0.15, 0.2) is 6.04 Å². The summed E-state index contributed by atoms with van der Waals surface area (Å²) < 4.78 is 4.70. The van der Waals surface area contributed by atoms with Crippen molar-refractivity contribution in [1.82, 2.24) is 10.6 Å². The number of hydrogen-bond acceptors (Lipinski definition) is 3. The highest BCUT2D eigenvalue weighted by atomic mass is 16.5. The first kappa shape index (κ1) is 14.7. The first-order valence-electron chi connectivity index (χ1n) is 5.30. The Balaban J connectivity index is 4.04. The van der Waals surface area contributed by atoms with Crippen molar-refractivity contribution in [3.63, 3.8) is 0 Å². The molecule has 0 aliphatic carbocycles. The summed E-state index contributed by atoms with van der Waals surface area (Å²) in [7, 11) is 1.38. The zero-order valence-electron chi connectivity index (χ0n) is 9.95. The van der Waals surface area contributed by atoms with Crippen LogP contribution >= 0.6 is 0 Å². The van der Waals surface area contributed by atoms with Crippen LogP contribution in [0.5, 0.6) is 0 Å². The maximum absolute atomic E-state index is 11.4. The molecule has 3 N–H and O–H groups in total. The lowest BCUT2D eigenvalue weighted by Crippen LogP contribution is -2.50. The van der Waals surface area contributed by atoms with E-state index in [0.717, 1.165) is 12.8 Å². The fourth-order valence-corrected chi connectivity index (χ4v) is 1.27. The van der Waals surface area contributed by atoms with Crippen molar-refractivity contribution < 1.29 is 19.4 Å². The lowest BCUT2D eigenvalue weighted by Gasteiger charge is -2.17. The Morgan fingerprint density at radius 2 is 2.00 bits per heavy atom. The summed E-state index contributed by atoms with van der Waals surface area (Å²) in [4.78, 5) is 22.1. The van der Waals surface area contributed by atoms with Gasteiger partial charge in [-0.2, -0.15) is 0 Å². The molecule has 2 unspecified atom stereocenters. The van der Waals surface area contributed by atoms with E-state index in [9.17, 15) is 9.59 Å². The minimum absolute atomic E-state index is 0.0296. The summed E-state index contributed by atoms with van der Waals surface area (Å²) in [5, 5.41) is 13.8. The molecular weight excluding hydrogens is 212 g/mol. The minimum Gasteiger partial charge on any atom is -0.480 e. The van der Waals surface area contributed by atoms with E-state index in [-0.39, 0.29) is 12.6 Å². The molecule has 6 heteroatoms. The van der Waals surface area contributed by atoms with Crippen molar-refractivity contribution in [2.45, 2.75) is 38.8 Å². The van der Waals surface area contributed by atoms with Gasteiger partial charge in [-0.15, -0.1) is 0 Å². The average molecular weight is 232 g/mol. The highest BCUT2D eigenvalue weighted by Crippen LogP contribution is 1.94. The predicted molar refractivity (Wildman–Crippen MR) is 59.3 cm³/mol. The largest absolute Gasteiger partial charge is 0.480 e. The van der Waals surface area contributed by atoms with Crippen LogP contribution in [-0.2, 0) is 9.53 Å². The summed E-state index contributed by atoms with van der Waals surface area (Å²) in [5.74, 6) is -1.11. The second-order valence-corrected chi connectivity index (χ2v) is 3.65. The number of aliphatic carboxylic acids is 1. The summed E-state index contributed by atoms with van der Waals surface area (Å²) in [6.07, 6.45) is 1.82. The van der Waals surface area contributed by atoms with Crippen molar-refractivity contribution >= 4 is 12.0 Å². The van der Waals surface area contributed by atoms with Gasteiger partial charge in [0.25, 0.3) is 0 Å². The number of carbonyl (C=O) groups excluding carboxylic acids is 1. The monoisotopic (exact) mass is 232 g/mol. The minimum atomic E-state index is -1.11. The summed E-state index contributed by atoms with van der Waals surface area (Å²) >= 11 is 0. The molecule has 0 aromatic heterocycles. The molecule has 0 aliphatic heterocycles. The van der Waals surface area contributed by atoms with E-state index in [0.29, 0.717) is 0 Å². The fourth-order valence-electron chi connectivity index (χ4n) is 1.27. The van der Waals surface area contributed by atoms with Gasteiger partial charge in [0.05, 0.1) is 6.61 Å².